The minimum atomic E-state index is -3.74. The van der Waals surface area contributed by atoms with Crippen LogP contribution >= 0.6 is 0 Å². The van der Waals surface area contributed by atoms with E-state index in [0.717, 1.165) is 63.2 Å². The third kappa shape index (κ3) is 10.4. The van der Waals surface area contributed by atoms with Gasteiger partial charge in [-0.05, 0) is 17.5 Å². The number of benzene rings is 2. The Morgan fingerprint density at radius 3 is 2.41 bits per heavy atom. The summed E-state index contributed by atoms with van der Waals surface area (Å²) in [7, 11) is -1.51. The molecule has 1 heterocycles. The third-order valence-electron chi connectivity index (χ3n) is 6.69. The first-order chi connectivity index (χ1) is 17.9. The van der Waals surface area contributed by atoms with E-state index in [9.17, 15) is 17.9 Å². The minimum Gasteiger partial charge on any atom is -0.212 e. The van der Waals surface area contributed by atoms with Crippen LogP contribution in [0.25, 0.3) is 0 Å². The van der Waals surface area contributed by atoms with Crippen molar-refractivity contribution in [1.29, 1.82) is 0 Å². The van der Waals surface area contributed by atoms with Crippen LogP contribution in [0.4, 0.5) is 0 Å². The van der Waals surface area contributed by atoms with Crippen LogP contribution in [-0.4, -0.2) is 65.7 Å². The zero-order valence-electron chi connectivity index (χ0n) is 21.5. The summed E-state index contributed by atoms with van der Waals surface area (Å²) in [4.78, 5) is 14.5. The van der Waals surface area contributed by atoms with E-state index in [1.807, 2.05) is 30.3 Å². The van der Waals surface area contributed by atoms with Crippen molar-refractivity contribution in [1.82, 2.24) is 9.62 Å². The van der Waals surface area contributed by atoms with Crippen LogP contribution in [0.3, 0.4) is 0 Å². The molecule has 2 aromatic carbocycles. The summed E-state index contributed by atoms with van der Waals surface area (Å²) in [5.74, 6) is 0.625. The summed E-state index contributed by atoms with van der Waals surface area (Å²) < 4.78 is 49.1. The Morgan fingerprint density at radius 2 is 1.76 bits per heavy atom. The van der Waals surface area contributed by atoms with Crippen molar-refractivity contribution >= 4 is 23.1 Å². The molecule has 1 aliphatic heterocycles. The number of hydrogen-bond donors (Lipinski definition) is 1. The number of rotatable bonds is 15. The summed E-state index contributed by atoms with van der Waals surface area (Å²) in [6.07, 6.45) is 6.31. The van der Waals surface area contributed by atoms with Crippen LogP contribution in [0.1, 0.15) is 43.2 Å². The molecule has 1 N–H and O–H groups in total. The van der Waals surface area contributed by atoms with Gasteiger partial charge in [-0.25, -0.2) is 13.1 Å². The van der Waals surface area contributed by atoms with E-state index in [1.54, 1.807) is 24.3 Å². The van der Waals surface area contributed by atoms with E-state index in [1.165, 1.54) is 13.5 Å². The quantitative estimate of drug-likeness (QED) is 0.215. The van der Waals surface area contributed by atoms with Gasteiger partial charge in [0, 0.05) is 0 Å². The summed E-state index contributed by atoms with van der Waals surface area (Å²) in [5, 5.41) is 0. The average molecular weight is 528 g/mol. The maximum absolute atomic E-state index is 12.6. The van der Waals surface area contributed by atoms with E-state index in [2.05, 4.69) is 9.62 Å². The predicted octanol–water partition coefficient (Wildman–Crippen LogP) is 3.16. The first kappa shape index (κ1) is 29.0. The zero-order chi connectivity index (χ0) is 26.5. The predicted molar refractivity (Wildman–Crippen MR) is 143 cm³/mol. The van der Waals surface area contributed by atoms with Crippen LogP contribution in [0.15, 0.2) is 54.6 Å². The number of ether oxygens (including phenoxy) is 2. The van der Waals surface area contributed by atoms with Crippen LogP contribution < -0.4 is 9.46 Å². The zero-order valence-corrected chi connectivity index (χ0v) is 22.3. The molecule has 10 heteroatoms. The van der Waals surface area contributed by atoms with Crippen LogP contribution in [0, 0.1) is 5.92 Å². The van der Waals surface area contributed by atoms with Crippen molar-refractivity contribution in [2.45, 2.75) is 50.3 Å². The van der Waals surface area contributed by atoms with Crippen molar-refractivity contribution in [3.05, 3.63) is 65.7 Å². The molecule has 0 saturated carbocycles. The van der Waals surface area contributed by atoms with Crippen molar-refractivity contribution in [3.8, 4) is 5.75 Å². The molecule has 1 fully saturated rings. The Kier molecular flexibility index (Phi) is 11.8. The van der Waals surface area contributed by atoms with Crippen LogP contribution in [0.5, 0.6) is 5.75 Å². The Labute approximate surface area is 221 Å². The molecule has 0 spiro atoms. The van der Waals surface area contributed by atoms with Crippen molar-refractivity contribution in [2.75, 3.05) is 33.3 Å². The molecule has 0 bridgehead atoms. The van der Waals surface area contributed by atoms with Gasteiger partial charge < -0.3 is 4.74 Å². The smallest absolute Gasteiger partial charge is 0.212 e. The Balaban J connectivity index is 1.41. The number of carbonyl (C=O) groups excluding carboxylic acids is 1. The van der Waals surface area contributed by atoms with Gasteiger partial charge in [0.2, 0.25) is 10.0 Å². The van der Waals surface area contributed by atoms with Gasteiger partial charge >= 0.3 is 110 Å². The van der Waals surface area contributed by atoms with Crippen molar-refractivity contribution < 1.29 is 27.4 Å². The molecule has 3 rings (SSSR count). The number of likely N-dealkylation sites (tertiary alicyclic amines) is 1. The fourth-order valence-corrected chi connectivity index (χ4v) is 5.94. The second kappa shape index (κ2) is 15.0. The number of methoxy groups -OCH3 is 1. The van der Waals surface area contributed by atoms with Crippen molar-refractivity contribution in [3.63, 3.8) is 0 Å². The summed E-state index contributed by atoms with van der Waals surface area (Å²) in [6, 6.07) is 15.1. The normalized spacial score (nSPS) is 15.6. The Morgan fingerprint density at radius 1 is 1.05 bits per heavy atom. The Bertz CT molecular complexity index is 1070. The molecule has 0 amide bonds. The van der Waals surface area contributed by atoms with E-state index in [0.29, 0.717) is 18.6 Å². The molecular weight excluding hydrogens is 491 g/mol. The summed E-state index contributed by atoms with van der Waals surface area (Å²) in [6.45, 7) is 2.66. The molecule has 1 atom stereocenters. The van der Waals surface area contributed by atoms with Gasteiger partial charge in [-0.2, -0.15) is 0 Å². The van der Waals surface area contributed by atoms with Gasteiger partial charge in [0.15, 0.2) is 0 Å². The topological polar surface area (TPSA) is 102 Å². The Hall–Kier alpha value is -2.56. The number of esters is 1. The van der Waals surface area contributed by atoms with E-state index in [4.69, 9.17) is 9.47 Å². The summed E-state index contributed by atoms with van der Waals surface area (Å²) >= 11 is 0. The number of nitrogens with one attached hydrogen (secondary N) is 1. The molecule has 1 aliphatic rings. The number of carbonyl (C=O) groups is 1. The van der Waals surface area contributed by atoms with Crippen LogP contribution in [0.2, 0.25) is 0 Å². The molecule has 2 aromatic rings. The third-order valence-corrected chi connectivity index (χ3v) is 8.04. The first-order valence-electron chi connectivity index (χ1n) is 12.9. The van der Waals surface area contributed by atoms with E-state index in [-0.39, 0.29) is 12.2 Å². The average Bonchev–Trinajstić information content (AvgIpc) is 2.90. The van der Waals surface area contributed by atoms with Gasteiger partial charge in [0.25, 0.3) is 0 Å². The van der Waals surface area contributed by atoms with Crippen molar-refractivity contribution in [2.24, 2.45) is 5.92 Å². The number of nitrogens with zero attached hydrogens (tertiary/aromatic N) is 1. The van der Waals surface area contributed by atoms with E-state index < -0.39 is 22.0 Å². The summed E-state index contributed by atoms with van der Waals surface area (Å²) in [5.41, 5.74) is 1.44. The molecule has 0 aromatic heterocycles. The standard InChI is InChI=1S/C27H37BN2O6S/c1-35-27(31)26(29-37(33,34)20-24-8-3-2-4-9-24)19-23-10-12-25(13-11-23)36-18-6-5-7-22-14-16-30(17-15-22)21-28-32/h2-4,8-13,22,26,29H,5-7,14-21H2,1H3. The number of sulfonamides is 1. The fourth-order valence-electron chi connectivity index (χ4n) is 4.61. The van der Waals surface area contributed by atoms with Gasteiger partial charge in [0.1, 0.15) is 6.04 Å². The first-order valence-corrected chi connectivity index (χ1v) is 14.5. The molecule has 37 heavy (non-hydrogen) atoms. The number of hydrogen-bond acceptors (Lipinski definition) is 7. The minimum absolute atomic E-state index is 0.173. The SMILES string of the molecule is COC(=O)C(Cc1ccc(OCCCCC2CCN(CB=O)CC2)cc1)NS(=O)(=O)Cc1ccccc1. The van der Waals surface area contributed by atoms with Gasteiger partial charge in [-0.3, -0.25) is 4.79 Å². The van der Waals surface area contributed by atoms with Gasteiger partial charge in [-0.1, -0.05) is 42.5 Å². The molecule has 0 aliphatic carbocycles. The molecular formula is C27H37BN2O6S. The maximum atomic E-state index is 12.6. The molecule has 0 radical (unpaired) electrons. The molecule has 1 unspecified atom stereocenters. The van der Waals surface area contributed by atoms with Crippen LogP contribution in [-0.2, 0) is 36.4 Å². The van der Waals surface area contributed by atoms with Gasteiger partial charge in [0.05, 0.1) is 12.9 Å². The number of piperidine rings is 1. The second-order valence-electron chi connectivity index (χ2n) is 9.54. The second-order valence-corrected chi connectivity index (χ2v) is 11.3. The number of unbranched alkanes of at least 4 members (excludes halogenated alkanes) is 1. The monoisotopic (exact) mass is 528 g/mol. The molecule has 8 nitrogen and oxygen atoms in total. The fraction of sp³-hybridized carbons (Fsp3) is 0.519. The van der Waals surface area contributed by atoms with Gasteiger partial charge in [-0.15, -0.1) is 0 Å². The molecule has 200 valence electrons. The molecule has 1 saturated heterocycles. The van der Waals surface area contributed by atoms with E-state index >= 15 is 0 Å².